The van der Waals surface area contributed by atoms with Crippen molar-refractivity contribution in [2.45, 2.75) is 32.6 Å². The summed E-state index contributed by atoms with van der Waals surface area (Å²) in [5.74, 6) is 0. The summed E-state index contributed by atoms with van der Waals surface area (Å²) in [5.41, 5.74) is 6.49. The third-order valence-electron chi connectivity index (χ3n) is 2.58. The smallest absolute Gasteiger partial charge is 0.0174 e. The maximum atomic E-state index is 7.66. The predicted molar refractivity (Wildman–Crippen MR) is 43.4 cm³/mol. The molecule has 10 heavy (non-hydrogen) atoms. The molecule has 0 amide bonds. The Balaban J connectivity index is 2.63. The number of hydrogen-bond donors (Lipinski definition) is 2. The van der Waals surface area contributed by atoms with Crippen molar-refractivity contribution >= 4 is 5.71 Å². The maximum absolute atomic E-state index is 7.66. The lowest BCUT2D eigenvalue weighted by Crippen LogP contribution is -2.37. The van der Waals surface area contributed by atoms with Crippen LogP contribution in [-0.2, 0) is 0 Å². The standard InChI is InChI=1S/C8H16N2/c1-8(6-9)5-3-2-4-7(8)10/h10H,2-6,9H2,1H3. The fourth-order valence-corrected chi connectivity index (χ4v) is 1.49. The van der Waals surface area contributed by atoms with Crippen LogP contribution < -0.4 is 5.73 Å². The van der Waals surface area contributed by atoms with Crippen LogP contribution in [0.15, 0.2) is 0 Å². The van der Waals surface area contributed by atoms with Gasteiger partial charge in [0.2, 0.25) is 0 Å². The van der Waals surface area contributed by atoms with E-state index < -0.39 is 0 Å². The van der Waals surface area contributed by atoms with Crippen LogP contribution in [0.1, 0.15) is 32.6 Å². The second-order valence-electron chi connectivity index (χ2n) is 3.45. The van der Waals surface area contributed by atoms with E-state index in [-0.39, 0.29) is 5.41 Å². The molecule has 0 aromatic heterocycles. The lowest BCUT2D eigenvalue weighted by atomic mass is 9.74. The van der Waals surface area contributed by atoms with E-state index >= 15 is 0 Å². The van der Waals surface area contributed by atoms with E-state index in [0.29, 0.717) is 6.54 Å². The summed E-state index contributed by atoms with van der Waals surface area (Å²) >= 11 is 0. The second kappa shape index (κ2) is 2.70. The highest BCUT2D eigenvalue weighted by atomic mass is 14.6. The van der Waals surface area contributed by atoms with Crippen LogP contribution in [0.2, 0.25) is 0 Å². The van der Waals surface area contributed by atoms with Crippen LogP contribution in [0.25, 0.3) is 0 Å². The molecular weight excluding hydrogens is 124 g/mol. The molecule has 2 nitrogen and oxygen atoms in total. The summed E-state index contributed by atoms with van der Waals surface area (Å²) in [6, 6.07) is 0. The molecule has 0 radical (unpaired) electrons. The summed E-state index contributed by atoms with van der Waals surface area (Å²) in [4.78, 5) is 0. The van der Waals surface area contributed by atoms with E-state index in [0.717, 1.165) is 18.6 Å². The molecule has 0 aromatic carbocycles. The molecule has 1 atom stereocenters. The van der Waals surface area contributed by atoms with Crippen LogP contribution in [0, 0.1) is 10.8 Å². The Kier molecular flexibility index (Phi) is 2.09. The fraction of sp³-hybridized carbons (Fsp3) is 0.875. The van der Waals surface area contributed by atoms with Crippen molar-refractivity contribution in [3.63, 3.8) is 0 Å². The minimum absolute atomic E-state index is 0.0399. The summed E-state index contributed by atoms with van der Waals surface area (Å²) in [6.45, 7) is 2.75. The van der Waals surface area contributed by atoms with Crippen molar-refractivity contribution < 1.29 is 0 Å². The Morgan fingerprint density at radius 3 is 2.70 bits per heavy atom. The molecule has 1 rings (SSSR count). The number of nitrogens with two attached hydrogens (primary N) is 1. The highest BCUT2D eigenvalue weighted by Gasteiger charge is 2.29. The lowest BCUT2D eigenvalue weighted by Gasteiger charge is -2.32. The minimum Gasteiger partial charge on any atom is -0.330 e. The molecule has 1 unspecified atom stereocenters. The molecule has 1 saturated carbocycles. The minimum atomic E-state index is 0.0399. The zero-order valence-electron chi connectivity index (χ0n) is 6.61. The molecule has 58 valence electrons. The average Bonchev–Trinajstić information content (AvgIpc) is 1.96. The number of hydrogen-bond acceptors (Lipinski definition) is 2. The van der Waals surface area contributed by atoms with E-state index in [1.165, 1.54) is 12.8 Å². The van der Waals surface area contributed by atoms with Gasteiger partial charge in [0.15, 0.2) is 0 Å². The van der Waals surface area contributed by atoms with Gasteiger partial charge in [-0.15, -0.1) is 0 Å². The van der Waals surface area contributed by atoms with Gasteiger partial charge in [-0.25, -0.2) is 0 Å². The third-order valence-corrected chi connectivity index (χ3v) is 2.58. The fourth-order valence-electron chi connectivity index (χ4n) is 1.49. The third kappa shape index (κ3) is 1.21. The van der Waals surface area contributed by atoms with Crippen molar-refractivity contribution in [2.24, 2.45) is 11.1 Å². The Hall–Kier alpha value is -0.370. The molecule has 0 spiro atoms. The second-order valence-corrected chi connectivity index (χ2v) is 3.45. The number of rotatable bonds is 1. The Morgan fingerprint density at radius 2 is 2.30 bits per heavy atom. The Labute approximate surface area is 62.3 Å². The summed E-state index contributed by atoms with van der Waals surface area (Å²) in [6.07, 6.45) is 4.51. The topological polar surface area (TPSA) is 49.9 Å². The van der Waals surface area contributed by atoms with Crippen molar-refractivity contribution in [1.82, 2.24) is 0 Å². The van der Waals surface area contributed by atoms with Gasteiger partial charge in [0.05, 0.1) is 0 Å². The molecule has 0 saturated heterocycles. The lowest BCUT2D eigenvalue weighted by molar-refractivity contribution is 0.381. The van der Waals surface area contributed by atoms with Gasteiger partial charge in [0.25, 0.3) is 0 Å². The molecular formula is C8H16N2. The first-order valence-electron chi connectivity index (χ1n) is 3.97. The van der Waals surface area contributed by atoms with Crippen LogP contribution >= 0.6 is 0 Å². The Bertz CT molecular complexity index is 142. The first-order valence-corrected chi connectivity index (χ1v) is 3.97. The van der Waals surface area contributed by atoms with E-state index in [1.54, 1.807) is 0 Å². The SMILES string of the molecule is CC1(CN)CCCCC1=N. The van der Waals surface area contributed by atoms with E-state index in [9.17, 15) is 0 Å². The molecule has 2 heteroatoms. The van der Waals surface area contributed by atoms with Crippen molar-refractivity contribution in [1.29, 1.82) is 5.41 Å². The first kappa shape index (κ1) is 7.73. The van der Waals surface area contributed by atoms with E-state index in [1.807, 2.05) is 0 Å². The van der Waals surface area contributed by atoms with Crippen molar-refractivity contribution in [3.05, 3.63) is 0 Å². The molecule has 0 bridgehead atoms. The summed E-state index contributed by atoms with van der Waals surface area (Å²) in [7, 11) is 0. The molecule has 3 N–H and O–H groups in total. The molecule has 1 aliphatic rings. The van der Waals surface area contributed by atoms with Crippen molar-refractivity contribution in [2.75, 3.05) is 6.54 Å². The average molecular weight is 140 g/mol. The molecule has 1 aliphatic carbocycles. The summed E-state index contributed by atoms with van der Waals surface area (Å²) in [5, 5.41) is 7.66. The van der Waals surface area contributed by atoms with Gasteiger partial charge in [0, 0.05) is 17.7 Å². The monoisotopic (exact) mass is 140 g/mol. The van der Waals surface area contributed by atoms with Gasteiger partial charge in [-0.05, 0) is 19.3 Å². The predicted octanol–water partition coefficient (Wildman–Crippen LogP) is 1.55. The van der Waals surface area contributed by atoms with Gasteiger partial charge >= 0.3 is 0 Å². The van der Waals surface area contributed by atoms with Gasteiger partial charge in [-0.2, -0.15) is 0 Å². The summed E-state index contributed by atoms with van der Waals surface area (Å²) < 4.78 is 0. The number of nitrogens with one attached hydrogen (secondary N) is 1. The van der Waals surface area contributed by atoms with Crippen LogP contribution in [0.5, 0.6) is 0 Å². The maximum Gasteiger partial charge on any atom is 0.0174 e. The van der Waals surface area contributed by atoms with Crippen LogP contribution in [0.3, 0.4) is 0 Å². The van der Waals surface area contributed by atoms with Gasteiger partial charge in [-0.3, -0.25) is 0 Å². The zero-order valence-corrected chi connectivity index (χ0v) is 6.61. The van der Waals surface area contributed by atoms with Crippen molar-refractivity contribution in [3.8, 4) is 0 Å². The van der Waals surface area contributed by atoms with Crippen LogP contribution in [0.4, 0.5) is 0 Å². The molecule has 0 aliphatic heterocycles. The zero-order chi connectivity index (χ0) is 7.61. The largest absolute Gasteiger partial charge is 0.330 e. The van der Waals surface area contributed by atoms with E-state index in [4.69, 9.17) is 11.1 Å². The molecule has 1 fully saturated rings. The van der Waals surface area contributed by atoms with Gasteiger partial charge in [0.1, 0.15) is 0 Å². The van der Waals surface area contributed by atoms with Gasteiger partial charge in [-0.1, -0.05) is 13.3 Å². The normalized spacial score (nSPS) is 34.4. The highest BCUT2D eigenvalue weighted by molar-refractivity contribution is 5.87. The Morgan fingerprint density at radius 1 is 1.60 bits per heavy atom. The van der Waals surface area contributed by atoms with E-state index in [2.05, 4.69) is 6.92 Å². The van der Waals surface area contributed by atoms with Crippen LogP contribution in [-0.4, -0.2) is 12.3 Å². The van der Waals surface area contributed by atoms with Gasteiger partial charge < -0.3 is 11.1 Å². The quantitative estimate of drug-likeness (QED) is 0.570. The molecule has 0 heterocycles. The first-order chi connectivity index (χ1) is 4.69. The molecule has 0 aromatic rings. The highest BCUT2D eigenvalue weighted by Crippen LogP contribution is 2.31.